The molecule has 1 aromatic heterocycles. The molecule has 1 rings (SSSR count). The van der Waals surface area contributed by atoms with Crippen molar-refractivity contribution < 1.29 is 9.16 Å². The van der Waals surface area contributed by atoms with Gasteiger partial charge in [0.05, 0.1) is 13.2 Å². The maximum absolute atomic E-state index is 6.14. The van der Waals surface area contributed by atoms with Gasteiger partial charge in [-0.1, -0.05) is 20.8 Å². The molecule has 0 aromatic carbocycles. The second-order valence-corrected chi connectivity index (χ2v) is 8.36. The first-order chi connectivity index (χ1) is 8.25. The topological polar surface area (TPSA) is 31.4 Å². The highest BCUT2D eigenvalue weighted by atomic mass is 79.9. The summed E-state index contributed by atoms with van der Waals surface area (Å²) in [5, 5.41) is 0. The maximum atomic E-state index is 6.14. The van der Waals surface area contributed by atoms with Crippen molar-refractivity contribution in [3.63, 3.8) is 0 Å². The lowest BCUT2D eigenvalue weighted by Gasteiger charge is -2.32. The van der Waals surface area contributed by atoms with Crippen LogP contribution in [0, 0.1) is 5.41 Å². The van der Waals surface area contributed by atoms with E-state index in [4.69, 9.17) is 9.16 Å². The van der Waals surface area contributed by atoms with Gasteiger partial charge in [0.2, 0.25) is 9.04 Å². The van der Waals surface area contributed by atoms with Crippen molar-refractivity contribution in [2.24, 2.45) is 5.41 Å². The molecule has 0 bridgehead atoms. The predicted octanol–water partition coefficient (Wildman–Crippen LogP) is 4.21. The van der Waals surface area contributed by atoms with Crippen molar-refractivity contribution in [3.05, 3.63) is 22.4 Å². The number of aromatic nitrogens is 1. The highest BCUT2D eigenvalue weighted by Gasteiger charge is 2.32. The van der Waals surface area contributed by atoms with E-state index in [9.17, 15) is 0 Å². The summed E-state index contributed by atoms with van der Waals surface area (Å²) in [4.78, 5) is 4.55. The van der Waals surface area contributed by atoms with Crippen LogP contribution in [0.5, 0.6) is 5.75 Å². The lowest BCUT2D eigenvalue weighted by Crippen LogP contribution is -2.27. The third-order valence-electron chi connectivity index (χ3n) is 2.46. The fourth-order valence-electron chi connectivity index (χ4n) is 1.68. The van der Waals surface area contributed by atoms with E-state index in [1.165, 1.54) is 0 Å². The van der Waals surface area contributed by atoms with Crippen LogP contribution in [0.1, 0.15) is 32.6 Å². The van der Waals surface area contributed by atoms with Crippen LogP contribution >= 0.6 is 15.9 Å². The first-order valence-corrected chi connectivity index (χ1v) is 9.13. The quantitative estimate of drug-likeness (QED) is 0.612. The van der Waals surface area contributed by atoms with Crippen LogP contribution in [-0.2, 0) is 4.43 Å². The molecule has 18 heavy (non-hydrogen) atoms. The number of pyridine rings is 1. The van der Waals surface area contributed by atoms with Crippen LogP contribution in [0.2, 0.25) is 13.1 Å². The van der Waals surface area contributed by atoms with Gasteiger partial charge in [-0.05, 0) is 46.6 Å². The molecule has 1 aromatic rings. The minimum Gasteiger partial charge on any atom is -0.495 e. The van der Waals surface area contributed by atoms with Gasteiger partial charge in [-0.15, -0.1) is 0 Å². The summed E-state index contributed by atoms with van der Waals surface area (Å²) in [6.07, 6.45) is -0.0613. The lowest BCUT2D eigenvalue weighted by atomic mass is 9.87. The minimum atomic E-state index is -0.811. The van der Waals surface area contributed by atoms with Crippen LogP contribution in [0.3, 0.4) is 0 Å². The molecule has 0 spiro atoms. The maximum Gasteiger partial charge on any atom is 0.205 e. The van der Waals surface area contributed by atoms with Crippen LogP contribution in [-0.4, -0.2) is 21.1 Å². The molecule has 5 heteroatoms. The van der Waals surface area contributed by atoms with Gasteiger partial charge in [0.15, 0.2) is 0 Å². The summed E-state index contributed by atoms with van der Waals surface area (Å²) in [6, 6.07) is 3.80. The fraction of sp³-hybridized carbons (Fsp3) is 0.615. The number of hydrogen-bond donors (Lipinski definition) is 0. The van der Waals surface area contributed by atoms with E-state index < -0.39 is 9.04 Å². The first kappa shape index (κ1) is 15.7. The molecule has 1 heterocycles. The molecule has 0 fully saturated rings. The third-order valence-corrected chi connectivity index (χ3v) is 3.61. The summed E-state index contributed by atoms with van der Waals surface area (Å²) in [7, 11) is 0.854. The molecule has 0 saturated carbocycles. The normalized spacial score (nSPS) is 13.8. The van der Waals surface area contributed by atoms with Crippen molar-refractivity contribution in [2.75, 3.05) is 7.11 Å². The summed E-state index contributed by atoms with van der Waals surface area (Å²) >= 11 is 3.41. The van der Waals surface area contributed by atoms with E-state index in [0.29, 0.717) is 0 Å². The zero-order valence-corrected chi connectivity index (χ0v) is 14.5. The number of methoxy groups -OCH3 is 1. The van der Waals surface area contributed by atoms with E-state index in [0.717, 1.165) is 16.0 Å². The molecule has 0 aliphatic carbocycles. The molecule has 1 unspecified atom stereocenters. The number of rotatable bonds is 4. The summed E-state index contributed by atoms with van der Waals surface area (Å²) in [5.74, 6) is 0.779. The Morgan fingerprint density at radius 1 is 1.28 bits per heavy atom. The van der Waals surface area contributed by atoms with Crippen molar-refractivity contribution in [1.82, 2.24) is 4.98 Å². The van der Waals surface area contributed by atoms with Gasteiger partial charge in [0.25, 0.3) is 0 Å². The van der Waals surface area contributed by atoms with Gasteiger partial charge in [0, 0.05) is 0 Å². The van der Waals surface area contributed by atoms with Crippen molar-refractivity contribution >= 4 is 25.0 Å². The van der Waals surface area contributed by atoms with E-state index >= 15 is 0 Å². The van der Waals surface area contributed by atoms with E-state index in [-0.39, 0.29) is 11.5 Å². The fourth-order valence-corrected chi connectivity index (χ4v) is 2.94. The van der Waals surface area contributed by atoms with E-state index in [1.807, 2.05) is 12.1 Å². The van der Waals surface area contributed by atoms with Gasteiger partial charge in [-0.2, -0.15) is 0 Å². The van der Waals surface area contributed by atoms with Crippen molar-refractivity contribution in [1.29, 1.82) is 0 Å². The third kappa shape index (κ3) is 4.07. The van der Waals surface area contributed by atoms with Crippen LogP contribution < -0.4 is 4.74 Å². The van der Waals surface area contributed by atoms with Gasteiger partial charge < -0.3 is 9.16 Å². The molecule has 1 radical (unpaired) electrons. The molecule has 0 aliphatic heterocycles. The van der Waals surface area contributed by atoms with Gasteiger partial charge >= 0.3 is 0 Å². The monoisotopic (exact) mass is 330 g/mol. The zero-order valence-electron chi connectivity index (χ0n) is 11.9. The van der Waals surface area contributed by atoms with Crippen LogP contribution in [0.15, 0.2) is 16.7 Å². The largest absolute Gasteiger partial charge is 0.495 e. The smallest absolute Gasteiger partial charge is 0.205 e. The molecule has 0 saturated heterocycles. The minimum absolute atomic E-state index is 0.0248. The Labute approximate surface area is 120 Å². The second kappa shape index (κ2) is 6.17. The Morgan fingerprint density at radius 3 is 2.33 bits per heavy atom. The number of halogens is 1. The van der Waals surface area contributed by atoms with E-state index in [2.05, 4.69) is 54.8 Å². The molecule has 101 valence electrons. The zero-order chi connectivity index (χ0) is 13.9. The highest BCUT2D eigenvalue weighted by Crippen LogP contribution is 2.40. The average Bonchev–Trinajstić information content (AvgIpc) is 2.24. The SMILES string of the molecule is COc1ccc(Br)nc1C(O[Si](C)C)C(C)(C)C. The molecule has 3 nitrogen and oxygen atoms in total. The molecule has 1 atom stereocenters. The lowest BCUT2D eigenvalue weighted by molar-refractivity contribution is 0.0798. The highest BCUT2D eigenvalue weighted by molar-refractivity contribution is 9.10. The summed E-state index contributed by atoms with van der Waals surface area (Å²) < 4.78 is 12.3. The molecule has 0 amide bonds. The predicted molar refractivity (Wildman–Crippen MR) is 79.3 cm³/mol. The van der Waals surface area contributed by atoms with Crippen molar-refractivity contribution in [3.8, 4) is 5.75 Å². The Morgan fingerprint density at radius 2 is 1.89 bits per heavy atom. The Bertz CT molecular complexity index is 404. The molecular weight excluding hydrogens is 310 g/mol. The van der Waals surface area contributed by atoms with Gasteiger partial charge in [0.1, 0.15) is 16.0 Å². The number of hydrogen-bond acceptors (Lipinski definition) is 3. The Hall–Kier alpha value is -0.393. The van der Waals surface area contributed by atoms with Gasteiger partial charge in [-0.3, -0.25) is 0 Å². The number of ether oxygens (including phenoxy) is 1. The Kier molecular flexibility index (Phi) is 5.37. The summed E-state index contributed by atoms with van der Waals surface area (Å²) in [5.41, 5.74) is 0.841. The standard InChI is InChI=1S/C13H21BrNO2Si/c1-13(2,3)12(17-18(5)6)11-9(16-4)7-8-10(14)15-11/h7-8,12H,1-6H3. The average molecular weight is 331 g/mol. The molecule has 0 N–H and O–H groups in total. The van der Waals surface area contributed by atoms with E-state index in [1.54, 1.807) is 7.11 Å². The first-order valence-electron chi connectivity index (χ1n) is 5.93. The summed E-state index contributed by atoms with van der Waals surface area (Å²) in [6.45, 7) is 10.7. The van der Waals surface area contributed by atoms with Crippen molar-refractivity contribution in [2.45, 2.75) is 40.0 Å². The number of nitrogens with zero attached hydrogens (tertiary/aromatic N) is 1. The van der Waals surface area contributed by atoms with Crippen LogP contribution in [0.25, 0.3) is 0 Å². The molecular formula is C13H21BrNO2Si. The molecule has 0 aliphatic rings. The Balaban J connectivity index is 3.23. The van der Waals surface area contributed by atoms with Crippen LogP contribution in [0.4, 0.5) is 0 Å². The van der Waals surface area contributed by atoms with Gasteiger partial charge in [-0.25, -0.2) is 4.98 Å². The second-order valence-electron chi connectivity index (χ2n) is 5.49.